The first-order chi connectivity index (χ1) is 4.86. The van der Waals surface area contributed by atoms with Crippen molar-refractivity contribution in [2.75, 3.05) is 6.61 Å². The summed E-state index contributed by atoms with van der Waals surface area (Å²) in [4.78, 5) is 0. The van der Waals surface area contributed by atoms with Crippen molar-refractivity contribution < 1.29 is 19.3 Å². The normalized spacial score (nSPS) is 63.9. The molecule has 0 unspecified atom stereocenters. The highest BCUT2D eigenvalue weighted by atomic mass is 16.8. The molecule has 3 rings (SSSR count). The van der Waals surface area contributed by atoms with Crippen molar-refractivity contribution in [3.63, 3.8) is 0 Å². The number of hydrogen-bond donors (Lipinski definition) is 1. The topological polar surface area (TPSA) is 47.9 Å². The molecule has 0 aromatic heterocycles. The highest BCUT2D eigenvalue weighted by Crippen LogP contribution is 2.40. The van der Waals surface area contributed by atoms with Crippen molar-refractivity contribution in [1.82, 2.24) is 0 Å². The molecule has 3 fully saturated rings. The molecule has 0 aliphatic carbocycles. The lowest BCUT2D eigenvalue weighted by Crippen LogP contribution is -2.39. The van der Waals surface area contributed by atoms with Crippen molar-refractivity contribution in [2.45, 2.75) is 30.7 Å². The van der Waals surface area contributed by atoms with Gasteiger partial charge in [0, 0.05) is 0 Å². The maximum absolute atomic E-state index is 9.33. The smallest absolute Gasteiger partial charge is 0.187 e. The molecule has 0 radical (unpaired) electrons. The van der Waals surface area contributed by atoms with Gasteiger partial charge in [-0.15, -0.1) is 0 Å². The zero-order chi connectivity index (χ0) is 6.72. The quantitative estimate of drug-likeness (QED) is 0.467. The van der Waals surface area contributed by atoms with Crippen LogP contribution in [0.4, 0.5) is 0 Å². The summed E-state index contributed by atoms with van der Waals surface area (Å²) in [5.74, 6) is 0. The van der Waals surface area contributed by atoms with E-state index in [0.717, 1.165) is 0 Å². The molecule has 0 aromatic rings. The monoisotopic (exact) mass is 144 g/mol. The van der Waals surface area contributed by atoms with Gasteiger partial charge in [-0.3, -0.25) is 0 Å². The van der Waals surface area contributed by atoms with E-state index in [-0.39, 0.29) is 18.3 Å². The first-order valence-electron chi connectivity index (χ1n) is 3.47. The fraction of sp³-hybridized carbons (Fsp3) is 1.00. The van der Waals surface area contributed by atoms with Gasteiger partial charge in [0.1, 0.15) is 24.4 Å². The first-order valence-corrected chi connectivity index (χ1v) is 3.47. The van der Waals surface area contributed by atoms with Gasteiger partial charge >= 0.3 is 0 Å². The van der Waals surface area contributed by atoms with Gasteiger partial charge in [-0.2, -0.15) is 0 Å². The summed E-state index contributed by atoms with van der Waals surface area (Å²) in [7, 11) is 0. The van der Waals surface area contributed by atoms with Crippen LogP contribution in [0.15, 0.2) is 0 Å². The van der Waals surface area contributed by atoms with E-state index in [0.29, 0.717) is 6.61 Å². The van der Waals surface area contributed by atoms with E-state index in [9.17, 15) is 5.11 Å². The van der Waals surface area contributed by atoms with Crippen molar-refractivity contribution in [3.05, 3.63) is 0 Å². The van der Waals surface area contributed by atoms with Crippen molar-refractivity contribution in [1.29, 1.82) is 0 Å². The van der Waals surface area contributed by atoms with Crippen LogP contribution in [-0.2, 0) is 14.2 Å². The summed E-state index contributed by atoms with van der Waals surface area (Å²) < 4.78 is 15.8. The molecule has 4 heteroatoms. The second-order valence-corrected chi connectivity index (χ2v) is 2.93. The summed E-state index contributed by atoms with van der Waals surface area (Å²) >= 11 is 0. The second kappa shape index (κ2) is 1.53. The standard InChI is InChI=1S/C6H8O4/c7-3-5-4-2(1-8-5)9-6(3)10-4/h2-7H,1H2/t2-,3-,4-,5+,6-/m1/s1. The van der Waals surface area contributed by atoms with Gasteiger partial charge in [-0.05, 0) is 0 Å². The Morgan fingerprint density at radius 3 is 2.80 bits per heavy atom. The van der Waals surface area contributed by atoms with E-state index in [1.165, 1.54) is 0 Å². The number of ether oxygens (including phenoxy) is 3. The number of aliphatic hydroxyl groups is 1. The summed E-state index contributed by atoms with van der Waals surface area (Å²) in [5, 5.41) is 9.33. The number of fused-ring (bicyclic) bond motifs is 1. The van der Waals surface area contributed by atoms with E-state index in [1.807, 2.05) is 0 Å². The SMILES string of the molecule is O[C@H]1[C@H]2O[C@H]3[C@H]1OC[C@H]3O2. The van der Waals surface area contributed by atoms with Gasteiger partial charge in [0.2, 0.25) is 0 Å². The largest absolute Gasteiger partial charge is 0.385 e. The van der Waals surface area contributed by atoms with E-state index in [1.54, 1.807) is 0 Å². The summed E-state index contributed by atoms with van der Waals surface area (Å²) in [6, 6.07) is 0. The molecule has 2 bridgehead atoms. The van der Waals surface area contributed by atoms with Crippen LogP contribution in [0.2, 0.25) is 0 Å². The third kappa shape index (κ3) is 0.441. The molecule has 56 valence electrons. The Hall–Kier alpha value is -0.160. The molecule has 4 nitrogen and oxygen atoms in total. The molecular formula is C6H8O4. The summed E-state index contributed by atoms with van der Waals surface area (Å²) in [6.45, 7) is 0.572. The van der Waals surface area contributed by atoms with E-state index < -0.39 is 12.4 Å². The Morgan fingerprint density at radius 2 is 2.10 bits per heavy atom. The predicted octanol–water partition coefficient (Wildman–Crippen LogP) is -1.13. The van der Waals surface area contributed by atoms with Gasteiger partial charge in [0.25, 0.3) is 0 Å². The first kappa shape index (κ1) is 5.49. The van der Waals surface area contributed by atoms with E-state index in [4.69, 9.17) is 14.2 Å². The van der Waals surface area contributed by atoms with Gasteiger partial charge in [-0.1, -0.05) is 0 Å². The van der Waals surface area contributed by atoms with Crippen LogP contribution < -0.4 is 0 Å². The highest BCUT2D eigenvalue weighted by Gasteiger charge is 2.59. The molecule has 10 heavy (non-hydrogen) atoms. The lowest BCUT2D eigenvalue weighted by atomic mass is 10.1. The average Bonchev–Trinajstić information content (AvgIpc) is 2.43. The van der Waals surface area contributed by atoms with Gasteiger partial charge in [0.15, 0.2) is 6.29 Å². The predicted molar refractivity (Wildman–Crippen MR) is 29.3 cm³/mol. The summed E-state index contributed by atoms with van der Waals surface area (Å²) in [6.07, 6.45) is -1.02. The fourth-order valence-electron chi connectivity index (χ4n) is 1.86. The van der Waals surface area contributed by atoms with Crippen LogP contribution in [0, 0.1) is 0 Å². The Balaban J connectivity index is 2.00. The number of hydrogen-bond acceptors (Lipinski definition) is 4. The Morgan fingerprint density at radius 1 is 1.20 bits per heavy atom. The summed E-state index contributed by atoms with van der Waals surface area (Å²) in [5.41, 5.74) is 0. The van der Waals surface area contributed by atoms with Crippen molar-refractivity contribution in [2.24, 2.45) is 0 Å². The Kier molecular flexibility index (Phi) is 0.840. The van der Waals surface area contributed by atoms with E-state index >= 15 is 0 Å². The van der Waals surface area contributed by atoms with Crippen molar-refractivity contribution in [3.8, 4) is 0 Å². The third-order valence-electron chi connectivity index (χ3n) is 2.36. The number of aliphatic hydroxyl groups excluding tert-OH is 1. The van der Waals surface area contributed by atoms with Gasteiger partial charge in [-0.25, -0.2) is 0 Å². The van der Waals surface area contributed by atoms with Gasteiger partial charge in [0.05, 0.1) is 6.61 Å². The molecule has 0 spiro atoms. The highest BCUT2D eigenvalue weighted by molar-refractivity contribution is 5.02. The molecule has 1 N–H and O–H groups in total. The second-order valence-electron chi connectivity index (χ2n) is 2.93. The van der Waals surface area contributed by atoms with Crippen LogP contribution in [0.5, 0.6) is 0 Å². The average molecular weight is 144 g/mol. The van der Waals surface area contributed by atoms with Crippen LogP contribution in [0.3, 0.4) is 0 Å². The lowest BCUT2D eigenvalue weighted by molar-refractivity contribution is -0.104. The minimum atomic E-state index is -0.566. The molecule has 0 amide bonds. The minimum absolute atomic E-state index is 0.000000000000000222. The van der Waals surface area contributed by atoms with Gasteiger partial charge < -0.3 is 19.3 Å². The maximum atomic E-state index is 9.33. The molecule has 3 saturated heterocycles. The molecular weight excluding hydrogens is 136 g/mol. The van der Waals surface area contributed by atoms with Crippen LogP contribution >= 0.6 is 0 Å². The molecule has 5 atom stereocenters. The Bertz CT molecular complexity index is 169. The van der Waals surface area contributed by atoms with Crippen LogP contribution in [0.1, 0.15) is 0 Å². The van der Waals surface area contributed by atoms with Crippen LogP contribution in [0.25, 0.3) is 0 Å². The van der Waals surface area contributed by atoms with Crippen molar-refractivity contribution >= 4 is 0 Å². The maximum Gasteiger partial charge on any atom is 0.187 e. The molecule has 3 aliphatic heterocycles. The zero-order valence-electron chi connectivity index (χ0n) is 5.27. The lowest BCUT2D eigenvalue weighted by Gasteiger charge is -2.17. The molecule has 3 aliphatic rings. The zero-order valence-corrected chi connectivity index (χ0v) is 5.27. The number of rotatable bonds is 0. The Labute approximate surface area is 57.7 Å². The molecule has 0 saturated carbocycles. The minimum Gasteiger partial charge on any atom is -0.385 e. The third-order valence-corrected chi connectivity index (χ3v) is 2.36. The van der Waals surface area contributed by atoms with E-state index in [2.05, 4.69) is 0 Å². The molecule has 0 aromatic carbocycles. The fourth-order valence-corrected chi connectivity index (χ4v) is 1.86. The van der Waals surface area contributed by atoms with Crippen LogP contribution in [-0.4, -0.2) is 42.4 Å². The molecule has 3 heterocycles.